The maximum absolute atomic E-state index is 11.1. The highest BCUT2D eigenvalue weighted by molar-refractivity contribution is 9.10. The molecule has 1 aliphatic rings. The van der Waals surface area contributed by atoms with Crippen LogP contribution in [0.3, 0.4) is 0 Å². The first-order valence-corrected chi connectivity index (χ1v) is 6.89. The average molecular weight is 318 g/mol. The smallest absolute Gasteiger partial charge is 0.133 e. The van der Waals surface area contributed by atoms with Crippen LogP contribution in [0.25, 0.3) is 0 Å². The fraction of sp³-hybridized carbons (Fsp3) is 0.462. The molecule has 0 heterocycles. The van der Waals surface area contributed by atoms with E-state index in [2.05, 4.69) is 15.9 Å². The van der Waals surface area contributed by atoms with Crippen LogP contribution in [0.4, 0.5) is 0 Å². The molecule has 0 aromatic heterocycles. The number of Topliss-reactive ketones (excluding diaryl/α,β-unsaturated/α-hetero) is 1. The van der Waals surface area contributed by atoms with Crippen molar-refractivity contribution in [1.82, 2.24) is 0 Å². The van der Waals surface area contributed by atoms with Crippen molar-refractivity contribution in [1.29, 1.82) is 0 Å². The topological polar surface area (TPSA) is 26.3 Å². The van der Waals surface area contributed by atoms with Crippen LogP contribution in [0.15, 0.2) is 22.7 Å². The molecule has 1 aliphatic carbocycles. The van der Waals surface area contributed by atoms with E-state index < -0.39 is 0 Å². The molecule has 0 bridgehead atoms. The van der Waals surface area contributed by atoms with Gasteiger partial charge in [-0.15, -0.1) is 0 Å². The molecule has 1 aromatic rings. The molecule has 1 fully saturated rings. The number of hydrogen-bond donors (Lipinski definition) is 0. The Morgan fingerprint density at radius 3 is 2.71 bits per heavy atom. The van der Waals surface area contributed by atoms with Crippen LogP contribution in [-0.2, 0) is 16.1 Å². The molecule has 1 saturated carbocycles. The number of rotatable bonds is 3. The molecule has 0 spiro atoms. The van der Waals surface area contributed by atoms with E-state index in [4.69, 9.17) is 16.3 Å². The van der Waals surface area contributed by atoms with Crippen LogP contribution in [0, 0.1) is 0 Å². The standard InChI is InChI=1S/C13H14BrClO2/c14-10-2-1-9(13(15)7-10)8-17-12-5-3-11(16)4-6-12/h1-2,7,12H,3-6,8H2. The van der Waals surface area contributed by atoms with Gasteiger partial charge in [-0.2, -0.15) is 0 Å². The predicted octanol–water partition coefficient (Wildman–Crippen LogP) is 4.13. The van der Waals surface area contributed by atoms with Gasteiger partial charge in [-0.05, 0) is 30.5 Å². The molecule has 0 unspecified atom stereocenters. The lowest BCUT2D eigenvalue weighted by atomic mass is 9.96. The van der Waals surface area contributed by atoms with E-state index in [1.165, 1.54) is 0 Å². The van der Waals surface area contributed by atoms with Crippen molar-refractivity contribution < 1.29 is 9.53 Å². The summed E-state index contributed by atoms with van der Waals surface area (Å²) < 4.78 is 6.75. The Kier molecular flexibility index (Phi) is 4.60. The fourth-order valence-corrected chi connectivity index (χ4v) is 2.65. The number of ketones is 1. The summed E-state index contributed by atoms with van der Waals surface area (Å²) >= 11 is 9.47. The molecule has 17 heavy (non-hydrogen) atoms. The first-order valence-electron chi connectivity index (χ1n) is 5.72. The first kappa shape index (κ1) is 13.1. The van der Waals surface area contributed by atoms with Crippen LogP contribution in [0.1, 0.15) is 31.2 Å². The van der Waals surface area contributed by atoms with Gasteiger partial charge >= 0.3 is 0 Å². The molecule has 2 nitrogen and oxygen atoms in total. The van der Waals surface area contributed by atoms with Gasteiger partial charge in [0.05, 0.1) is 12.7 Å². The van der Waals surface area contributed by atoms with E-state index >= 15 is 0 Å². The minimum Gasteiger partial charge on any atom is -0.373 e. The van der Waals surface area contributed by atoms with Crippen LogP contribution >= 0.6 is 27.5 Å². The third-order valence-corrected chi connectivity index (χ3v) is 3.83. The summed E-state index contributed by atoms with van der Waals surface area (Å²) in [5.74, 6) is 0.353. The zero-order chi connectivity index (χ0) is 12.3. The van der Waals surface area contributed by atoms with Crippen molar-refractivity contribution in [3.63, 3.8) is 0 Å². The molecular formula is C13H14BrClO2. The summed E-state index contributed by atoms with van der Waals surface area (Å²) in [5.41, 5.74) is 0.992. The summed E-state index contributed by atoms with van der Waals surface area (Å²) in [6.45, 7) is 0.519. The molecule has 0 N–H and O–H groups in total. The molecule has 4 heteroatoms. The summed E-state index contributed by atoms with van der Waals surface area (Å²) in [4.78, 5) is 11.1. The minimum absolute atomic E-state index is 0.201. The fourth-order valence-electron chi connectivity index (χ4n) is 1.93. The van der Waals surface area contributed by atoms with E-state index in [0.717, 1.165) is 22.9 Å². The Morgan fingerprint density at radius 1 is 1.35 bits per heavy atom. The lowest BCUT2D eigenvalue weighted by Gasteiger charge is -2.21. The van der Waals surface area contributed by atoms with Crippen LogP contribution < -0.4 is 0 Å². The summed E-state index contributed by atoms with van der Waals surface area (Å²) in [6.07, 6.45) is 3.18. The van der Waals surface area contributed by atoms with E-state index in [0.29, 0.717) is 30.3 Å². The van der Waals surface area contributed by atoms with Gasteiger partial charge in [0.2, 0.25) is 0 Å². The van der Waals surface area contributed by atoms with E-state index in [-0.39, 0.29) is 6.10 Å². The summed E-state index contributed by atoms with van der Waals surface area (Å²) in [5, 5.41) is 0.714. The third-order valence-electron chi connectivity index (χ3n) is 2.98. The highest BCUT2D eigenvalue weighted by Crippen LogP contribution is 2.24. The van der Waals surface area contributed by atoms with Gasteiger partial charge in [0.1, 0.15) is 5.78 Å². The summed E-state index contributed by atoms with van der Waals surface area (Å²) in [6, 6.07) is 5.78. The normalized spacial score (nSPS) is 17.4. The Balaban J connectivity index is 1.87. The largest absolute Gasteiger partial charge is 0.373 e. The van der Waals surface area contributed by atoms with Crippen molar-refractivity contribution in [2.45, 2.75) is 38.4 Å². The van der Waals surface area contributed by atoms with Gasteiger partial charge in [0.25, 0.3) is 0 Å². The zero-order valence-electron chi connectivity index (χ0n) is 9.42. The lowest BCUT2D eigenvalue weighted by molar-refractivity contribution is -0.123. The van der Waals surface area contributed by atoms with Crippen molar-refractivity contribution in [2.75, 3.05) is 0 Å². The maximum Gasteiger partial charge on any atom is 0.133 e. The Labute approximate surface area is 114 Å². The average Bonchev–Trinajstić information content (AvgIpc) is 2.30. The molecule has 92 valence electrons. The molecular weight excluding hydrogens is 303 g/mol. The van der Waals surface area contributed by atoms with Gasteiger partial charge < -0.3 is 4.74 Å². The van der Waals surface area contributed by atoms with E-state index in [9.17, 15) is 4.79 Å². The molecule has 1 aromatic carbocycles. The van der Waals surface area contributed by atoms with Crippen molar-refractivity contribution in [3.05, 3.63) is 33.3 Å². The van der Waals surface area contributed by atoms with Gasteiger partial charge in [-0.1, -0.05) is 33.6 Å². The van der Waals surface area contributed by atoms with Crippen molar-refractivity contribution in [2.24, 2.45) is 0 Å². The number of carbonyl (C=O) groups is 1. The van der Waals surface area contributed by atoms with E-state index in [1.54, 1.807) is 0 Å². The Bertz CT molecular complexity index is 410. The summed E-state index contributed by atoms with van der Waals surface area (Å²) in [7, 11) is 0. The third kappa shape index (κ3) is 3.80. The second-order valence-corrected chi connectivity index (χ2v) is 5.61. The molecule has 0 radical (unpaired) electrons. The van der Waals surface area contributed by atoms with Crippen LogP contribution in [0.5, 0.6) is 0 Å². The lowest BCUT2D eigenvalue weighted by Crippen LogP contribution is -2.21. The quantitative estimate of drug-likeness (QED) is 0.838. The first-order chi connectivity index (χ1) is 8.15. The monoisotopic (exact) mass is 316 g/mol. The number of ether oxygens (including phenoxy) is 1. The van der Waals surface area contributed by atoms with Gasteiger partial charge in [0.15, 0.2) is 0 Å². The second kappa shape index (κ2) is 5.98. The Hall–Kier alpha value is -0.380. The number of halogens is 2. The maximum atomic E-state index is 11.1. The predicted molar refractivity (Wildman–Crippen MR) is 71.2 cm³/mol. The van der Waals surface area contributed by atoms with E-state index in [1.807, 2.05) is 18.2 Å². The highest BCUT2D eigenvalue weighted by Gasteiger charge is 2.19. The molecule has 0 amide bonds. The van der Waals surface area contributed by atoms with Crippen molar-refractivity contribution in [3.8, 4) is 0 Å². The number of carbonyl (C=O) groups excluding carboxylic acids is 1. The highest BCUT2D eigenvalue weighted by atomic mass is 79.9. The molecule has 0 atom stereocenters. The van der Waals surface area contributed by atoms with Gasteiger partial charge in [-0.25, -0.2) is 0 Å². The number of hydrogen-bond acceptors (Lipinski definition) is 2. The van der Waals surface area contributed by atoms with Gasteiger partial charge in [0, 0.05) is 22.3 Å². The van der Waals surface area contributed by atoms with Gasteiger partial charge in [-0.3, -0.25) is 4.79 Å². The SMILES string of the molecule is O=C1CCC(OCc2ccc(Br)cc2Cl)CC1. The Morgan fingerprint density at radius 2 is 2.06 bits per heavy atom. The number of benzene rings is 1. The van der Waals surface area contributed by atoms with Crippen LogP contribution in [0.2, 0.25) is 5.02 Å². The second-order valence-electron chi connectivity index (χ2n) is 4.28. The van der Waals surface area contributed by atoms with Crippen molar-refractivity contribution >= 4 is 33.3 Å². The zero-order valence-corrected chi connectivity index (χ0v) is 11.8. The molecule has 0 saturated heterocycles. The van der Waals surface area contributed by atoms with Crippen LogP contribution in [-0.4, -0.2) is 11.9 Å². The molecule has 0 aliphatic heterocycles. The minimum atomic E-state index is 0.201. The molecule has 2 rings (SSSR count).